The summed E-state index contributed by atoms with van der Waals surface area (Å²) in [5, 5.41) is 9.18. The maximum Gasteiger partial charge on any atom is 0.256 e. The van der Waals surface area contributed by atoms with Crippen molar-refractivity contribution in [2.45, 2.75) is 6.42 Å². The molecule has 1 amide bonds. The zero-order chi connectivity index (χ0) is 14.8. The molecule has 4 nitrogen and oxygen atoms in total. The predicted molar refractivity (Wildman–Crippen MR) is 77.3 cm³/mol. The molecule has 1 aliphatic rings. The fraction of sp³-hybridized carbons (Fsp3) is 0.312. The first-order valence-electron chi connectivity index (χ1n) is 7.02. The molecule has 1 saturated heterocycles. The van der Waals surface area contributed by atoms with E-state index in [9.17, 15) is 14.3 Å². The third-order valence-electron chi connectivity index (χ3n) is 3.96. The minimum atomic E-state index is -0.299. The van der Waals surface area contributed by atoms with Gasteiger partial charge in [-0.05, 0) is 24.1 Å². The first-order valence-corrected chi connectivity index (χ1v) is 7.02. The molecule has 1 atom stereocenters. The molecule has 0 radical (unpaired) electrons. The van der Waals surface area contributed by atoms with Crippen molar-refractivity contribution in [3.63, 3.8) is 0 Å². The number of hydrogen-bond donors (Lipinski definition) is 2. The lowest BCUT2D eigenvalue weighted by atomic mass is 10.0. The van der Waals surface area contributed by atoms with Crippen molar-refractivity contribution in [2.75, 3.05) is 19.7 Å². The van der Waals surface area contributed by atoms with Crippen LogP contribution in [0.4, 0.5) is 4.39 Å². The van der Waals surface area contributed by atoms with E-state index in [2.05, 4.69) is 4.98 Å². The van der Waals surface area contributed by atoms with Gasteiger partial charge in [-0.1, -0.05) is 12.1 Å². The molecule has 2 heterocycles. The lowest BCUT2D eigenvalue weighted by Crippen LogP contribution is -2.29. The van der Waals surface area contributed by atoms with E-state index in [-0.39, 0.29) is 24.2 Å². The van der Waals surface area contributed by atoms with Gasteiger partial charge in [0.25, 0.3) is 5.91 Å². The van der Waals surface area contributed by atoms with Gasteiger partial charge in [0.15, 0.2) is 0 Å². The van der Waals surface area contributed by atoms with Crippen LogP contribution >= 0.6 is 0 Å². The van der Waals surface area contributed by atoms with Gasteiger partial charge in [-0.15, -0.1) is 0 Å². The molecule has 0 bridgehead atoms. The highest BCUT2D eigenvalue weighted by atomic mass is 19.1. The van der Waals surface area contributed by atoms with E-state index < -0.39 is 0 Å². The summed E-state index contributed by atoms with van der Waals surface area (Å²) in [6, 6.07) is 6.09. The highest BCUT2D eigenvalue weighted by Crippen LogP contribution is 2.26. The summed E-state index contributed by atoms with van der Waals surface area (Å²) >= 11 is 0. The molecule has 2 N–H and O–H groups in total. The highest BCUT2D eigenvalue weighted by molar-refractivity contribution is 6.00. The van der Waals surface area contributed by atoms with E-state index in [1.54, 1.807) is 29.4 Å². The molecular weight excluding hydrogens is 271 g/mol. The van der Waals surface area contributed by atoms with Crippen LogP contribution in [0.5, 0.6) is 0 Å². The zero-order valence-electron chi connectivity index (χ0n) is 11.6. The predicted octanol–water partition coefficient (Wildman–Crippen LogP) is 2.28. The summed E-state index contributed by atoms with van der Waals surface area (Å²) in [5.41, 5.74) is 2.16. The van der Waals surface area contributed by atoms with Gasteiger partial charge < -0.3 is 15.0 Å². The van der Waals surface area contributed by atoms with Crippen LogP contribution in [-0.4, -0.2) is 40.6 Å². The van der Waals surface area contributed by atoms with Crippen LogP contribution < -0.4 is 0 Å². The van der Waals surface area contributed by atoms with Crippen LogP contribution in [0.15, 0.2) is 36.7 Å². The zero-order valence-corrected chi connectivity index (χ0v) is 11.6. The number of carbonyl (C=O) groups is 1. The normalized spacial score (nSPS) is 18.2. The van der Waals surface area contributed by atoms with Gasteiger partial charge in [0.2, 0.25) is 0 Å². The summed E-state index contributed by atoms with van der Waals surface area (Å²) in [6.07, 6.45) is 4.26. The third kappa shape index (κ3) is 2.69. The number of H-pyrrole nitrogens is 1. The van der Waals surface area contributed by atoms with Crippen molar-refractivity contribution < 1.29 is 14.3 Å². The second-order valence-corrected chi connectivity index (χ2v) is 5.38. The van der Waals surface area contributed by atoms with Crippen molar-refractivity contribution in [1.82, 2.24) is 9.88 Å². The number of likely N-dealkylation sites (tertiary alicyclic amines) is 1. The van der Waals surface area contributed by atoms with Crippen LogP contribution in [-0.2, 0) is 0 Å². The number of carbonyl (C=O) groups excluding carboxylic acids is 1. The molecule has 1 aliphatic heterocycles. The summed E-state index contributed by atoms with van der Waals surface area (Å²) in [4.78, 5) is 17.3. The Bertz CT molecular complexity index is 636. The monoisotopic (exact) mass is 288 g/mol. The Morgan fingerprint density at radius 1 is 1.33 bits per heavy atom. The largest absolute Gasteiger partial charge is 0.396 e. The summed E-state index contributed by atoms with van der Waals surface area (Å²) in [7, 11) is 0. The Morgan fingerprint density at radius 2 is 2.10 bits per heavy atom. The van der Waals surface area contributed by atoms with Gasteiger partial charge in [0.1, 0.15) is 5.82 Å². The average Bonchev–Trinajstić information content (AvgIpc) is 3.16. The smallest absolute Gasteiger partial charge is 0.256 e. The molecule has 0 spiro atoms. The quantitative estimate of drug-likeness (QED) is 0.910. The number of amides is 1. The van der Waals surface area contributed by atoms with Crippen LogP contribution in [0.2, 0.25) is 0 Å². The Hall–Kier alpha value is -2.14. The molecular formula is C16H17FN2O2. The maximum absolute atomic E-state index is 13.0. The van der Waals surface area contributed by atoms with Crippen molar-refractivity contribution in [3.8, 4) is 11.1 Å². The fourth-order valence-corrected chi connectivity index (χ4v) is 2.75. The van der Waals surface area contributed by atoms with E-state index >= 15 is 0 Å². The molecule has 2 aromatic rings. The van der Waals surface area contributed by atoms with Gasteiger partial charge >= 0.3 is 0 Å². The molecule has 5 heteroatoms. The number of aromatic nitrogens is 1. The molecule has 1 aromatic heterocycles. The first kappa shape index (κ1) is 13.8. The molecule has 21 heavy (non-hydrogen) atoms. The number of aliphatic hydroxyl groups is 1. The van der Waals surface area contributed by atoms with Crippen LogP contribution in [0, 0.1) is 11.7 Å². The van der Waals surface area contributed by atoms with E-state index in [1.807, 2.05) is 0 Å². The second-order valence-electron chi connectivity index (χ2n) is 5.38. The number of hydrogen-bond acceptors (Lipinski definition) is 2. The molecule has 110 valence electrons. The molecule has 1 unspecified atom stereocenters. The van der Waals surface area contributed by atoms with Crippen molar-refractivity contribution in [3.05, 3.63) is 48.0 Å². The van der Waals surface area contributed by atoms with Crippen molar-refractivity contribution in [1.29, 1.82) is 0 Å². The Morgan fingerprint density at radius 3 is 2.76 bits per heavy atom. The Labute approximate surface area is 122 Å². The second kappa shape index (κ2) is 5.69. The van der Waals surface area contributed by atoms with E-state index in [0.29, 0.717) is 18.7 Å². The molecule has 3 rings (SSSR count). The lowest BCUT2D eigenvalue weighted by molar-refractivity contribution is 0.0783. The highest BCUT2D eigenvalue weighted by Gasteiger charge is 2.28. The molecule has 1 fully saturated rings. The number of halogens is 1. The van der Waals surface area contributed by atoms with Gasteiger partial charge in [-0.3, -0.25) is 4.79 Å². The summed E-state index contributed by atoms with van der Waals surface area (Å²) in [5.74, 6) is -0.179. The van der Waals surface area contributed by atoms with Crippen molar-refractivity contribution in [2.24, 2.45) is 5.92 Å². The van der Waals surface area contributed by atoms with E-state index in [4.69, 9.17) is 0 Å². The number of nitrogens with one attached hydrogen (secondary N) is 1. The molecule has 0 saturated carbocycles. The number of nitrogens with zero attached hydrogens (tertiary/aromatic N) is 1. The lowest BCUT2D eigenvalue weighted by Gasteiger charge is -2.16. The Kier molecular flexibility index (Phi) is 3.75. The Balaban J connectivity index is 1.85. The maximum atomic E-state index is 13.0. The summed E-state index contributed by atoms with van der Waals surface area (Å²) in [6.45, 7) is 1.36. The van der Waals surface area contributed by atoms with Gasteiger partial charge in [-0.2, -0.15) is 0 Å². The fourth-order valence-electron chi connectivity index (χ4n) is 2.75. The number of rotatable bonds is 3. The standard InChI is InChI=1S/C16H17FN2O2/c17-13-3-1-12(2-4-13)14-7-18-8-15(14)16(21)19-6-5-11(9-19)10-20/h1-4,7-8,11,18,20H,5-6,9-10H2. The SMILES string of the molecule is O=C(c1c[nH]cc1-c1ccc(F)cc1)N1CCC(CO)C1. The van der Waals surface area contributed by atoms with Gasteiger partial charge in [0.05, 0.1) is 5.56 Å². The molecule has 0 aliphatic carbocycles. The van der Waals surface area contributed by atoms with E-state index in [0.717, 1.165) is 17.5 Å². The van der Waals surface area contributed by atoms with Gasteiger partial charge in [-0.25, -0.2) is 4.39 Å². The molecule has 1 aromatic carbocycles. The van der Waals surface area contributed by atoms with Gasteiger partial charge in [0, 0.05) is 43.6 Å². The average molecular weight is 288 g/mol. The van der Waals surface area contributed by atoms with E-state index in [1.165, 1.54) is 12.1 Å². The van der Waals surface area contributed by atoms with Crippen molar-refractivity contribution >= 4 is 5.91 Å². The van der Waals surface area contributed by atoms with Crippen LogP contribution in [0.3, 0.4) is 0 Å². The van der Waals surface area contributed by atoms with Crippen LogP contribution in [0.1, 0.15) is 16.8 Å². The summed E-state index contributed by atoms with van der Waals surface area (Å²) < 4.78 is 13.0. The minimum absolute atomic E-state index is 0.0495. The number of aliphatic hydroxyl groups excluding tert-OH is 1. The number of benzene rings is 1. The number of aromatic amines is 1. The topological polar surface area (TPSA) is 56.3 Å². The van der Waals surface area contributed by atoms with Crippen LogP contribution in [0.25, 0.3) is 11.1 Å². The third-order valence-corrected chi connectivity index (χ3v) is 3.96. The minimum Gasteiger partial charge on any atom is -0.396 e. The first-order chi connectivity index (χ1) is 10.2.